The summed E-state index contributed by atoms with van der Waals surface area (Å²) in [5.74, 6) is -0.0435. The molecule has 2 aliphatic rings. The van der Waals surface area contributed by atoms with Crippen molar-refractivity contribution >= 4 is 51.8 Å². The second kappa shape index (κ2) is 11.0. The van der Waals surface area contributed by atoms with Gasteiger partial charge >= 0.3 is 6.09 Å². The topological polar surface area (TPSA) is 106 Å². The lowest BCUT2D eigenvalue weighted by Gasteiger charge is -2.29. The molecule has 1 aromatic carbocycles. The predicted molar refractivity (Wildman–Crippen MR) is 152 cm³/mol. The number of nitrogens with zero attached hydrogens (tertiary/aromatic N) is 6. The first-order chi connectivity index (χ1) is 19.0. The maximum atomic E-state index is 13.4. The fraction of sp³-hybridized carbons (Fsp3) is 0.500. The molecule has 4 heterocycles. The molecule has 2 aromatic heterocycles. The van der Waals surface area contributed by atoms with Crippen molar-refractivity contribution in [3.63, 3.8) is 0 Å². The van der Waals surface area contributed by atoms with E-state index in [2.05, 4.69) is 15.7 Å². The molecule has 0 N–H and O–H groups in total. The predicted octanol–water partition coefficient (Wildman–Crippen LogP) is 6.14. The Labute approximate surface area is 242 Å². The van der Waals surface area contributed by atoms with E-state index < -0.39 is 11.7 Å². The molecule has 0 saturated carbocycles. The standard InChI is InChI=1S/C28H32Cl2N6O4/c1-17(37)33-10-11-34-21(16-33)23(18-14-32-36(15-18)22-7-5-6-12-39-22)24-20(13-19(29)25(30)26(24)34)35(9-8-31)27(38)40-28(2,3)4/h13-15,22H,5-7,9-12,16H2,1-4H3. The van der Waals surface area contributed by atoms with Gasteiger partial charge in [0.15, 0.2) is 0 Å². The van der Waals surface area contributed by atoms with Gasteiger partial charge < -0.3 is 18.9 Å². The molecule has 12 heteroatoms. The van der Waals surface area contributed by atoms with Gasteiger partial charge in [0, 0.05) is 55.0 Å². The third-order valence-electron chi connectivity index (χ3n) is 7.16. The Hall–Kier alpha value is -3.26. The Bertz CT molecular complexity index is 1510. The van der Waals surface area contributed by atoms with Gasteiger partial charge in [-0.15, -0.1) is 0 Å². The van der Waals surface area contributed by atoms with E-state index in [4.69, 9.17) is 32.7 Å². The average Bonchev–Trinajstić information content (AvgIpc) is 3.51. The number of nitriles is 1. The molecule has 1 unspecified atom stereocenters. The maximum absolute atomic E-state index is 13.4. The smallest absolute Gasteiger partial charge is 0.415 e. The highest BCUT2D eigenvalue weighted by atomic mass is 35.5. The van der Waals surface area contributed by atoms with Crippen LogP contribution in [0.3, 0.4) is 0 Å². The van der Waals surface area contributed by atoms with E-state index in [1.807, 2.05) is 10.9 Å². The summed E-state index contributed by atoms with van der Waals surface area (Å²) in [7, 11) is 0. The SMILES string of the molecule is CC(=O)N1CCn2c(c(-c3cnn(C4CCCCO4)c3)c3c(N(CC#N)C(=O)OC(C)(C)C)cc(Cl)c(Cl)c32)C1. The number of fused-ring (bicyclic) bond motifs is 3. The first-order valence-electron chi connectivity index (χ1n) is 13.3. The third-order valence-corrected chi connectivity index (χ3v) is 7.94. The van der Waals surface area contributed by atoms with Crippen LogP contribution in [0, 0.1) is 11.3 Å². The van der Waals surface area contributed by atoms with E-state index in [-0.39, 0.29) is 23.7 Å². The Morgan fingerprint density at radius 1 is 1.27 bits per heavy atom. The molecule has 1 atom stereocenters. The third kappa shape index (κ3) is 5.26. The van der Waals surface area contributed by atoms with Gasteiger partial charge in [0.05, 0.1) is 40.1 Å². The number of rotatable bonds is 4. The fourth-order valence-electron chi connectivity index (χ4n) is 5.39. The lowest BCUT2D eigenvalue weighted by molar-refractivity contribution is -0.130. The normalized spacial score (nSPS) is 17.4. The molecule has 0 spiro atoms. The van der Waals surface area contributed by atoms with Crippen molar-refractivity contribution in [2.24, 2.45) is 0 Å². The van der Waals surface area contributed by atoms with Crippen molar-refractivity contribution in [2.45, 2.75) is 71.9 Å². The highest BCUT2D eigenvalue weighted by molar-refractivity contribution is 6.46. The van der Waals surface area contributed by atoms with Gasteiger partial charge in [-0.3, -0.25) is 9.69 Å². The van der Waals surface area contributed by atoms with E-state index in [0.717, 1.165) is 36.1 Å². The van der Waals surface area contributed by atoms with Crippen LogP contribution in [0.15, 0.2) is 18.5 Å². The summed E-state index contributed by atoms with van der Waals surface area (Å²) >= 11 is 13.5. The van der Waals surface area contributed by atoms with Crippen LogP contribution in [0.4, 0.5) is 10.5 Å². The summed E-state index contributed by atoms with van der Waals surface area (Å²) < 4.78 is 15.5. The monoisotopic (exact) mass is 586 g/mol. The molecule has 5 rings (SSSR count). The quantitative estimate of drug-likeness (QED) is 0.340. The molecular formula is C28H32Cl2N6O4. The number of hydrogen-bond acceptors (Lipinski definition) is 6. The molecule has 1 fully saturated rings. The molecule has 2 aliphatic heterocycles. The van der Waals surface area contributed by atoms with Gasteiger partial charge in [-0.05, 0) is 46.1 Å². The first kappa shape index (κ1) is 28.3. The van der Waals surface area contributed by atoms with Crippen LogP contribution < -0.4 is 4.90 Å². The Kier molecular flexibility index (Phi) is 7.75. The molecule has 1 saturated heterocycles. The second-order valence-electron chi connectivity index (χ2n) is 11.1. The van der Waals surface area contributed by atoms with Gasteiger partial charge in [0.1, 0.15) is 18.4 Å². The van der Waals surface area contributed by atoms with Gasteiger partial charge in [0.25, 0.3) is 0 Å². The van der Waals surface area contributed by atoms with Crippen molar-refractivity contribution in [1.82, 2.24) is 19.2 Å². The van der Waals surface area contributed by atoms with Gasteiger partial charge in [0.2, 0.25) is 5.91 Å². The average molecular weight is 588 g/mol. The highest BCUT2D eigenvalue weighted by Crippen LogP contribution is 2.47. The zero-order valence-corrected chi connectivity index (χ0v) is 24.6. The number of carbonyl (C=O) groups excluding carboxylic acids is 2. The molecular weight excluding hydrogens is 555 g/mol. The minimum absolute atomic E-state index is 0.0435. The van der Waals surface area contributed by atoms with E-state index in [1.165, 1.54) is 4.90 Å². The number of halogens is 2. The summed E-state index contributed by atoms with van der Waals surface area (Å²) in [5, 5.41) is 15.5. The number of benzene rings is 1. The number of hydrogen-bond donors (Lipinski definition) is 0. The maximum Gasteiger partial charge on any atom is 0.415 e. The number of carbonyl (C=O) groups is 2. The lowest BCUT2D eigenvalue weighted by atomic mass is 10.0. The Morgan fingerprint density at radius 2 is 2.05 bits per heavy atom. The number of aromatic nitrogens is 3. The van der Waals surface area contributed by atoms with Gasteiger partial charge in [-0.2, -0.15) is 10.4 Å². The molecule has 3 aromatic rings. The zero-order chi connectivity index (χ0) is 28.8. The minimum atomic E-state index is -0.786. The van der Waals surface area contributed by atoms with E-state index in [1.54, 1.807) is 44.9 Å². The van der Waals surface area contributed by atoms with Crippen LogP contribution in [0.1, 0.15) is 58.9 Å². The molecule has 40 heavy (non-hydrogen) atoms. The molecule has 0 bridgehead atoms. The Morgan fingerprint density at radius 3 is 2.70 bits per heavy atom. The first-order valence-corrected chi connectivity index (χ1v) is 14.1. The summed E-state index contributed by atoms with van der Waals surface area (Å²) in [6.45, 7) is 8.56. The van der Waals surface area contributed by atoms with Crippen LogP contribution in [0.2, 0.25) is 10.0 Å². The van der Waals surface area contributed by atoms with Crippen molar-refractivity contribution in [3.8, 4) is 17.2 Å². The molecule has 212 valence electrons. The lowest BCUT2D eigenvalue weighted by Crippen LogP contribution is -2.37. The molecule has 0 radical (unpaired) electrons. The molecule has 2 amide bonds. The molecule has 10 nitrogen and oxygen atoms in total. The fourth-order valence-corrected chi connectivity index (χ4v) is 5.83. The van der Waals surface area contributed by atoms with Crippen LogP contribution >= 0.6 is 23.2 Å². The largest absolute Gasteiger partial charge is 0.443 e. The van der Waals surface area contributed by atoms with Crippen LogP contribution in [-0.2, 0) is 27.4 Å². The van der Waals surface area contributed by atoms with Crippen LogP contribution in [0.25, 0.3) is 22.0 Å². The van der Waals surface area contributed by atoms with E-state index >= 15 is 0 Å². The van der Waals surface area contributed by atoms with Gasteiger partial charge in [-0.1, -0.05) is 23.2 Å². The summed E-state index contributed by atoms with van der Waals surface area (Å²) in [4.78, 5) is 28.9. The molecule has 0 aliphatic carbocycles. The minimum Gasteiger partial charge on any atom is -0.443 e. The summed E-state index contributed by atoms with van der Waals surface area (Å²) in [5.41, 5.74) is 2.62. The van der Waals surface area contributed by atoms with Crippen LogP contribution in [0.5, 0.6) is 0 Å². The second-order valence-corrected chi connectivity index (χ2v) is 11.9. The Balaban J connectivity index is 1.78. The van der Waals surface area contributed by atoms with Crippen molar-refractivity contribution in [3.05, 3.63) is 34.2 Å². The number of ether oxygens (including phenoxy) is 2. The van der Waals surface area contributed by atoms with Gasteiger partial charge in [-0.25, -0.2) is 9.48 Å². The highest BCUT2D eigenvalue weighted by Gasteiger charge is 2.33. The zero-order valence-electron chi connectivity index (χ0n) is 23.0. The number of amides is 2. The number of anilines is 1. The van der Waals surface area contributed by atoms with E-state index in [9.17, 15) is 14.9 Å². The summed E-state index contributed by atoms with van der Waals surface area (Å²) in [6.07, 6.45) is 5.76. The van der Waals surface area contributed by atoms with Crippen molar-refractivity contribution < 1.29 is 19.1 Å². The van der Waals surface area contributed by atoms with Crippen molar-refractivity contribution in [1.29, 1.82) is 5.26 Å². The van der Waals surface area contributed by atoms with E-state index in [0.29, 0.717) is 47.9 Å². The van der Waals surface area contributed by atoms with Crippen LogP contribution in [-0.4, -0.2) is 56.5 Å². The summed E-state index contributed by atoms with van der Waals surface area (Å²) in [6, 6.07) is 3.68. The van der Waals surface area contributed by atoms with Crippen molar-refractivity contribution in [2.75, 3.05) is 24.6 Å².